The number of aliphatic hydroxyl groups is 1. The number of fused-ring (bicyclic) bond motifs is 1. The molecule has 28 heavy (non-hydrogen) atoms. The smallest absolute Gasteiger partial charge is 0.280 e. The number of aromatic amines is 1. The number of anilines is 1. The van der Waals surface area contributed by atoms with Crippen molar-refractivity contribution < 1.29 is 5.11 Å². The van der Waals surface area contributed by atoms with Gasteiger partial charge in [0.15, 0.2) is 11.2 Å². The van der Waals surface area contributed by atoms with Gasteiger partial charge in [-0.2, -0.15) is 4.98 Å². The third-order valence-corrected chi connectivity index (χ3v) is 10.6. The number of hydrogen-bond donors (Lipinski definition) is 3. The van der Waals surface area contributed by atoms with Crippen LogP contribution in [0.3, 0.4) is 0 Å². The molecule has 1 aliphatic rings. The molecule has 4 N–H and O–H groups in total. The quantitative estimate of drug-likeness (QED) is 0.461. The van der Waals surface area contributed by atoms with E-state index in [9.17, 15) is 9.90 Å². The number of hydrogen-bond acceptors (Lipinski definition) is 5. The molecular weight excluding hydrogens is 370 g/mol. The lowest BCUT2D eigenvalue weighted by Crippen LogP contribution is -2.47. The molecule has 2 heterocycles. The lowest BCUT2D eigenvalue weighted by molar-refractivity contribution is 0.248. The highest BCUT2D eigenvalue weighted by molar-refractivity contribution is 6.91. The second-order valence-corrected chi connectivity index (χ2v) is 12.8. The second kappa shape index (κ2) is 6.71. The van der Waals surface area contributed by atoms with Crippen LogP contribution in [0.1, 0.15) is 12.5 Å². The van der Waals surface area contributed by atoms with Crippen LogP contribution in [0.15, 0.2) is 53.6 Å². The van der Waals surface area contributed by atoms with Crippen molar-refractivity contribution in [1.29, 1.82) is 0 Å². The molecule has 4 rings (SSSR count). The van der Waals surface area contributed by atoms with Gasteiger partial charge < -0.3 is 15.4 Å². The first kappa shape index (κ1) is 18.6. The molecule has 3 aromatic rings. The van der Waals surface area contributed by atoms with E-state index < -0.39 is 8.07 Å². The van der Waals surface area contributed by atoms with Crippen LogP contribution >= 0.6 is 0 Å². The van der Waals surface area contributed by atoms with Gasteiger partial charge in [-0.15, -0.1) is 0 Å². The lowest BCUT2D eigenvalue weighted by atomic mass is 10.0. The summed E-state index contributed by atoms with van der Waals surface area (Å²) in [6, 6.07) is 10.5. The van der Waals surface area contributed by atoms with E-state index in [1.54, 1.807) is 6.33 Å². The fourth-order valence-corrected chi connectivity index (χ4v) is 8.27. The number of H-pyrrole nitrogens is 1. The standard InChI is InChI=1S/C20H25N5O2Si/c1-12-14(10-26)16(28(2,3)13-7-5-4-6-8-13)9-15(12)25-11-22-17-18(25)23-20(21)24-19(17)27/h4-8,11,14-16,26H,1,9-10H2,2-3H3,(H3,21,23,24,27)/t14-,15-,16-/m1/s1. The number of nitrogens with zero attached hydrogens (tertiary/aromatic N) is 3. The Bertz CT molecular complexity index is 1090. The van der Waals surface area contributed by atoms with Crippen molar-refractivity contribution in [2.24, 2.45) is 5.92 Å². The summed E-state index contributed by atoms with van der Waals surface area (Å²) in [6.45, 7) is 9.07. The van der Waals surface area contributed by atoms with Crippen molar-refractivity contribution in [3.8, 4) is 0 Å². The van der Waals surface area contributed by atoms with Gasteiger partial charge in [0.2, 0.25) is 5.95 Å². The van der Waals surface area contributed by atoms with E-state index in [1.165, 1.54) is 5.19 Å². The van der Waals surface area contributed by atoms with E-state index in [0.29, 0.717) is 11.2 Å². The Kier molecular flexibility index (Phi) is 4.47. The number of imidazole rings is 1. The Morgan fingerprint density at radius 3 is 2.75 bits per heavy atom. The monoisotopic (exact) mass is 395 g/mol. The SMILES string of the molecule is C=C1[C@@H](CO)[C@H]([Si](C)(C)c2ccccc2)C[C@H]1n1cnc2c(=O)[nH]c(N)nc21. The molecule has 0 bridgehead atoms. The summed E-state index contributed by atoms with van der Waals surface area (Å²) in [4.78, 5) is 23.2. The highest BCUT2D eigenvalue weighted by Crippen LogP contribution is 2.51. The first-order chi connectivity index (χ1) is 13.3. The number of nitrogens with one attached hydrogen (secondary N) is 1. The summed E-state index contributed by atoms with van der Waals surface area (Å²) in [5.41, 5.74) is 7.41. The highest BCUT2D eigenvalue weighted by Gasteiger charge is 2.47. The molecule has 3 atom stereocenters. The van der Waals surface area contributed by atoms with Gasteiger partial charge in [-0.05, 0) is 17.5 Å². The molecule has 146 valence electrons. The number of nitrogen functional groups attached to an aromatic ring is 1. The van der Waals surface area contributed by atoms with E-state index in [-0.39, 0.29) is 35.6 Å². The number of benzene rings is 1. The number of aliphatic hydroxyl groups excluding tert-OH is 1. The van der Waals surface area contributed by atoms with Crippen molar-refractivity contribution in [3.05, 3.63) is 59.2 Å². The first-order valence-corrected chi connectivity index (χ1v) is 12.5. The molecular formula is C20H25N5O2Si. The zero-order valence-corrected chi connectivity index (χ0v) is 17.1. The third kappa shape index (κ3) is 2.80. The van der Waals surface area contributed by atoms with Crippen LogP contribution < -0.4 is 16.5 Å². The van der Waals surface area contributed by atoms with Gasteiger partial charge in [0, 0.05) is 12.5 Å². The van der Waals surface area contributed by atoms with Crippen LogP contribution in [0.4, 0.5) is 5.95 Å². The van der Waals surface area contributed by atoms with Gasteiger partial charge in [-0.3, -0.25) is 9.78 Å². The lowest BCUT2D eigenvalue weighted by Gasteiger charge is -2.33. The number of aromatic nitrogens is 4. The number of rotatable bonds is 4. The maximum Gasteiger partial charge on any atom is 0.280 e. The number of nitrogens with two attached hydrogens (primary N) is 1. The predicted molar refractivity (Wildman–Crippen MR) is 113 cm³/mol. The normalized spacial score (nSPS) is 22.8. The molecule has 1 saturated carbocycles. The van der Waals surface area contributed by atoms with Gasteiger partial charge in [-0.1, -0.05) is 55.2 Å². The van der Waals surface area contributed by atoms with Gasteiger partial charge in [0.05, 0.1) is 20.4 Å². The Morgan fingerprint density at radius 1 is 1.36 bits per heavy atom. The minimum Gasteiger partial charge on any atom is -0.396 e. The van der Waals surface area contributed by atoms with Crippen LogP contribution in [0.5, 0.6) is 0 Å². The Labute approximate surface area is 164 Å². The Balaban J connectivity index is 1.77. The molecule has 0 aliphatic heterocycles. The summed E-state index contributed by atoms with van der Waals surface area (Å²) >= 11 is 0. The highest BCUT2D eigenvalue weighted by atomic mass is 28.3. The Hall–Kier alpha value is -2.71. The molecule has 0 amide bonds. The summed E-state index contributed by atoms with van der Waals surface area (Å²) in [5, 5.41) is 11.5. The third-order valence-electron chi connectivity index (χ3n) is 6.30. The molecule has 7 nitrogen and oxygen atoms in total. The Morgan fingerprint density at radius 2 is 2.07 bits per heavy atom. The molecule has 1 fully saturated rings. The zero-order valence-electron chi connectivity index (χ0n) is 16.1. The van der Waals surface area contributed by atoms with Crippen LogP contribution in [-0.4, -0.2) is 39.3 Å². The molecule has 0 saturated heterocycles. The molecule has 1 aliphatic carbocycles. The van der Waals surface area contributed by atoms with Crippen LogP contribution in [0, 0.1) is 5.92 Å². The minimum absolute atomic E-state index is 0.00339. The fraction of sp³-hybridized carbons (Fsp3) is 0.350. The first-order valence-electron chi connectivity index (χ1n) is 9.42. The summed E-state index contributed by atoms with van der Waals surface area (Å²) in [7, 11) is -1.88. The van der Waals surface area contributed by atoms with E-state index in [0.717, 1.165) is 12.0 Å². The van der Waals surface area contributed by atoms with Crippen LogP contribution in [0.25, 0.3) is 11.2 Å². The predicted octanol–water partition coefficient (Wildman–Crippen LogP) is 1.80. The molecule has 0 spiro atoms. The van der Waals surface area contributed by atoms with E-state index in [1.807, 2.05) is 10.6 Å². The van der Waals surface area contributed by atoms with Crippen molar-refractivity contribution in [1.82, 2.24) is 19.5 Å². The average molecular weight is 396 g/mol. The van der Waals surface area contributed by atoms with Crippen LogP contribution in [-0.2, 0) is 0 Å². The molecule has 2 aromatic heterocycles. The summed E-state index contributed by atoms with van der Waals surface area (Å²) < 4.78 is 1.89. The molecule has 0 radical (unpaired) electrons. The van der Waals surface area contributed by atoms with Crippen molar-refractivity contribution in [2.75, 3.05) is 12.3 Å². The largest absolute Gasteiger partial charge is 0.396 e. The molecule has 8 heteroatoms. The maximum atomic E-state index is 12.1. The minimum atomic E-state index is -1.88. The topological polar surface area (TPSA) is 110 Å². The van der Waals surface area contributed by atoms with Gasteiger partial charge in [0.25, 0.3) is 5.56 Å². The fourth-order valence-electron chi connectivity index (χ4n) is 4.65. The molecule has 1 aromatic carbocycles. The summed E-state index contributed by atoms with van der Waals surface area (Å²) in [6.07, 6.45) is 2.47. The van der Waals surface area contributed by atoms with E-state index in [2.05, 4.69) is 58.9 Å². The zero-order chi connectivity index (χ0) is 20.1. The van der Waals surface area contributed by atoms with Gasteiger partial charge >= 0.3 is 0 Å². The molecule has 0 unspecified atom stereocenters. The van der Waals surface area contributed by atoms with Gasteiger partial charge in [0.1, 0.15) is 0 Å². The van der Waals surface area contributed by atoms with Crippen molar-refractivity contribution in [2.45, 2.75) is 31.1 Å². The van der Waals surface area contributed by atoms with Crippen LogP contribution in [0.2, 0.25) is 18.6 Å². The van der Waals surface area contributed by atoms with E-state index >= 15 is 0 Å². The van der Waals surface area contributed by atoms with Gasteiger partial charge in [-0.25, -0.2) is 4.98 Å². The van der Waals surface area contributed by atoms with Crippen molar-refractivity contribution in [3.63, 3.8) is 0 Å². The second-order valence-electron chi connectivity index (χ2n) is 8.08. The van der Waals surface area contributed by atoms with E-state index in [4.69, 9.17) is 5.73 Å². The van der Waals surface area contributed by atoms with Crippen molar-refractivity contribution >= 4 is 30.4 Å². The average Bonchev–Trinajstić information content (AvgIpc) is 3.23. The maximum absolute atomic E-state index is 12.1. The summed E-state index contributed by atoms with van der Waals surface area (Å²) in [5.74, 6) is 0.0702.